The van der Waals surface area contributed by atoms with Crippen LogP contribution in [-0.2, 0) is 6.42 Å². The van der Waals surface area contributed by atoms with E-state index in [0.29, 0.717) is 0 Å². The molecule has 3 N–H and O–H groups in total. The fraction of sp³-hybridized carbons (Fsp3) is 0.0909. The highest BCUT2D eigenvalue weighted by Gasteiger charge is 2.20. The van der Waals surface area contributed by atoms with Crippen LogP contribution in [0.15, 0.2) is 78.9 Å². The Hall–Kier alpha value is -4.50. The molecular formula is C33H25N3. The Balaban J connectivity index is 1.64. The highest BCUT2D eigenvalue weighted by molar-refractivity contribution is 6.32. The number of hydrogen-bond acceptors (Lipinski definition) is 0. The maximum absolute atomic E-state index is 3.91. The SMILES string of the molecule is C/C=C\c1c(CC)c2ccccc2c2[nH]c3ccc4c5ccc6[nH]c7ccccc7c6c5[nH]c4c3c12. The molecular weight excluding hydrogens is 438 g/mol. The first kappa shape index (κ1) is 19.8. The maximum atomic E-state index is 3.91. The third-order valence-corrected chi connectivity index (χ3v) is 7.98. The van der Waals surface area contributed by atoms with E-state index >= 15 is 0 Å². The van der Waals surface area contributed by atoms with Gasteiger partial charge in [-0.2, -0.15) is 0 Å². The van der Waals surface area contributed by atoms with Crippen molar-refractivity contribution in [3.8, 4) is 0 Å². The molecule has 0 saturated carbocycles. The number of fused-ring (bicyclic) bond motifs is 13. The molecule has 172 valence electrons. The molecule has 0 aliphatic rings. The standard InChI is InChI=1S/C33H25N3/c1-3-9-20-18(4-2)19-10-5-6-11-21(19)32-29(20)30-27(35-32)17-15-23-22-14-16-26-28(31(22)36-33(23)30)24-12-7-8-13-25(24)34-26/h3,5-17,34-36H,4H2,1-2H3/b9-3-. The summed E-state index contributed by atoms with van der Waals surface area (Å²) in [4.78, 5) is 11.3. The van der Waals surface area contributed by atoms with E-state index in [1.165, 1.54) is 87.3 Å². The van der Waals surface area contributed by atoms with Gasteiger partial charge in [-0.1, -0.05) is 73.7 Å². The van der Waals surface area contributed by atoms with E-state index in [2.05, 4.69) is 114 Å². The molecule has 0 bridgehead atoms. The van der Waals surface area contributed by atoms with Crippen LogP contribution >= 0.6 is 0 Å². The number of allylic oxidation sites excluding steroid dienone is 1. The van der Waals surface area contributed by atoms with Crippen LogP contribution in [0.5, 0.6) is 0 Å². The lowest BCUT2D eigenvalue weighted by atomic mass is 9.91. The summed E-state index contributed by atoms with van der Waals surface area (Å²) in [6, 6.07) is 26.4. The van der Waals surface area contributed by atoms with Gasteiger partial charge in [0.25, 0.3) is 0 Å². The van der Waals surface area contributed by atoms with Gasteiger partial charge in [0.1, 0.15) is 0 Å². The van der Waals surface area contributed by atoms with E-state index in [-0.39, 0.29) is 0 Å². The minimum absolute atomic E-state index is 0.988. The van der Waals surface area contributed by atoms with Gasteiger partial charge in [0.2, 0.25) is 0 Å². The Morgan fingerprint density at radius 3 is 1.92 bits per heavy atom. The molecule has 3 heterocycles. The van der Waals surface area contributed by atoms with Crippen LogP contribution in [0.4, 0.5) is 0 Å². The lowest BCUT2D eigenvalue weighted by molar-refractivity contribution is 1.16. The van der Waals surface area contributed by atoms with Crippen molar-refractivity contribution < 1.29 is 0 Å². The summed E-state index contributed by atoms with van der Waals surface area (Å²) in [5.41, 5.74) is 9.86. The van der Waals surface area contributed by atoms with E-state index in [1.807, 2.05) is 0 Å². The lowest BCUT2D eigenvalue weighted by Gasteiger charge is -2.12. The third kappa shape index (κ3) is 2.37. The van der Waals surface area contributed by atoms with Gasteiger partial charge in [-0.3, -0.25) is 0 Å². The van der Waals surface area contributed by atoms with E-state index in [0.717, 1.165) is 6.42 Å². The molecule has 0 amide bonds. The molecule has 3 nitrogen and oxygen atoms in total. The summed E-state index contributed by atoms with van der Waals surface area (Å²) in [5, 5.41) is 10.3. The molecule has 3 heteroatoms. The predicted molar refractivity (Wildman–Crippen MR) is 156 cm³/mol. The van der Waals surface area contributed by atoms with E-state index < -0.39 is 0 Å². The summed E-state index contributed by atoms with van der Waals surface area (Å²) in [5.74, 6) is 0. The normalized spacial score (nSPS) is 12.7. The zero-order chi connectivity index (χ0) is 24.0. The van der Waals surface area contributed by atoms with Gasteiger partial charge in [0.05, 0.1) is 16.6 Å². The van der Waals surface area contributed by atoms with Gasteiger partial charge in [0, 0.05) is 54.3 Å². The van der Waals surface area contributed by atoms with Crippen molar-refractivity contribution in [3.63, 3.8) is 0 Å². The number of rotatable bonds is 2. The Bertz CT molecular complexity index is 2200. The number of aromatic amines is 3. The summed E-state index contributed by atoms with van der Waals surface area (Å²) < 4.78 is 0. The number of benzene rings is 5. The Morgan fingerprint density at radius 1 is 0.556 bits per heavy atom. The van der Waals surface area contributed by atoms with Crippen molar-refractivity contribution >= 4 is 82.3 Å². The first-order chi connectivity index (χ1) is 17.8. The lowest BCUT2D eigenvalue weighted by Crippen LogP contribution is -1.92. The molecule has 0 fully saturated rings. The Kier molecular flexibility index (Phi) is 3.85. The average molecular weight is 464 g/mol. The van der Waals surface area contributed by atoms with Crippen molar-refractivity contribution in [2.45, 2.75) is 20.3 Å². The van der Waals surface area contributed by atoms with Gasteiger partial charge < -0.3 is 15.0 Å². The fourth-order valence-corrected chi connectivity index (χ4v) is 6.53. The quantitative estimate of drug-likeness (QED) is 0.229. The summed E-state index contributed by atoms with van der Waals surface area (Å²) in [6.07, 6.45) is 5.45. The molecule has 0 radical (unpaired) electrons. The molecule has 0 spiro atoms. The van der Waals surface area contributed by atoms with Gasteiger partial charge in [-0.25, -0.2) is 0 Å². The zero-order valence-electron chi connectivity index (χ0n) is 20.3. The second kappa shape index (κ2) is 7.02. The molecule has 0 saturated heterocycles. The van der Waals surface area contributed by atoms with Crippen LogP contribution < -0.4 is 0 Å². The molecule has 8 aromatic rings. The summed E-state index contributed by atoms with van der Waals surface area (Å²) >= 11 is 0. The number of para-hydroxylation sites is 1. The Morgan fingerprint density at radius 2 is 1.17 bits per heavy atom. The molecule has 0 unspecified atom stereocenters. The predicted octanol–water partition coefficient (Wildman–Crippen LogP) is 9.34. The van der Waals surface area contributed by atoms with Gasteiger partial charge in [0.15, 0.2) is 0 Å². The van der Waals surface area contributed by atoms with Crippen molar-refractivity contribution in [3.05, 3.63) is 90.0 Å². The average Bonchev–Trinajstić information content (AvgIpc) is 3.59. The van der Waals surface area contributed by atoms with Crippen molar-refractivity contribution in [2.24, 2.45) is 0 Å². The molecule has 8 rings (SSSR count). The summed E-state index contributed by atoms with van der Waals surface area (Å²) in [6.45, 7) is 4.38. The maximum Gasteiger partial charge on any atom is 0.0566 e. The van der Waals surface area contributed by atoms with E-state index in [9.17, 15) is 0 Å². The number of hydrogen-bond donors (Lipinski definition) is 3. The van der Waals surface area contributed by atoms with Crippen molar-refractivity contribution in [1.29, 1.82) is 0 Å². The van der Waals surface area contributed by atoms with Crippen LogP contribution in [0.25, 0.3) is 82.3 Å². The topological polar surface area (TPSA) is 47.4 Å². The van der Waals surface area contributed by atoms with Crippen molar-refractivity contribution in [1.82, 2.24) is 15.0 Å². The number of aromatic nitrogens is 3. The molecule has 3 aromatic heterocycles. The van der Waals surface area contributed by atoms with Crippen LogP contribution in [-0.4, -0.2) is 15.0 Å². The highest BCUT2D eigenvalue weighted by atomic mass is 14.8. The van der Waals surface area contributed by atoms with Crippen LogP contribution in [0.2, 0.25) is 0 Å². The number of nitrogens with one attached hydrogen (secondary N) is 3. The monoisotopic (exact) mass is 463 g/mol. The van der Waals surface area contributed by atoms with E-state index in [4.69, 9.17) is 0 Å². The smallest absolute Gasteiger partial charge is 0.0566 e. The first-order valence-corrected chi connectivity index (χ1v) is 12.7. The molecule has 36 heavy (non-hydrogen) atoms. The summed E-state index contributed by atoms with van der Waals surface area (Å²) in [7, 11) is 0. The minimum atomic E-state index is 0.988. The Labute approximate surface area is 207 Å². The highest BCUT2D eigenvalue weighted by Crippen LogP contribution is 2.43. The fourth-order valence-electron chi connectivity index (χ4n) is 6.53. The van der Waals surface area contributed by atoms with Crippen molar-refractivity contribution in [2.75, 3.05) is 0 Å². The third-order valence-electron chi connectivity index (χ3n) is 7.98. The zero-order valence-corrected chi connectivity index (χ0v) is 20.3. The number of H-pyrrole nitrogens is 3. The second-order valence-corrected chi connectivity index (χ2v) is 9.78. The number of aryl methyl sites for hydroxylation is 1. The van der Waals surface area contributed by atoms with Crippen LogP contribution in [0.3, 0.4) is 0 Å². The molecule has 0 atom stereocenters. The second-order valence-electron chi connectivity index (χ2n) is 9.78. The molecule has 0 aliphatic heterocycles. The minimum Gasteiger partial charge on any atom is -0.354 e. The van der Waals surface area contributed by atoms with E-state index in [1.54, 1.807) is 0 Å². The van der Waals surface area contributed by atoms with Gasteiger partial charge >= 0.3 is 0 Å². The van der Waals surface area contributed by atoms with Gasteiger partial charge in [-0.15, -0.1) is 0 Å². The van der Waals surface area contributed by atoms with Crippen LogP contribution in [0.1, 0.15) is 25.0 Å². The molecule has 5 aromatic carbocycles. The molecule has 0 aliphatic carbocycles. The largest absolute Gasteiger partial charge is 0.354 e. The van der Waals surface area contributed by atoms with Crippen LogP contribution in [0, 0.1) is 0 Å². The first-order valence-electron chi connectivity index (χ1n) is 12.7. The van der Waals surface area contributed by atoms with Gasteiger partial charge in [-0.05, 0) is 48.1 Å².